The van der Waals surface area contributed by atoms with E-state index in [1.54, 1.807) is 0 Å². The highest BCUT2D eigenvalue weighted by Crippen LogP contribution is 2.37. The molecule has 102 valence electrons. The summed E-state index contributed by atoms with van der Waals surface area (Å²) in [4.78, 5) is 14.0. The average molecular weight is 267 g/mol. The third kappa shape index (κ3) is 2.09. The molecule has 1 unspecified atom stereocenters. The Bertz CT molecular complexity index is 637. The first kappa shape index (κ1) is 12.5. The molecule has 1 atom stereocenters. The van der Waals surface area contributed by atoms with Gasteiger partial charge in [0.05, 0.1) is 17.4 Å². The highest BCUT2D eigenvalue weighted by atomic mass is 16.2. The fraction of sp³-hybridized carbons (Fsp3) is 0.188. The van der Waals surface area contributed by atoms with Crippen LogP contribution < -0.4 is 15.5 Å². The first-order valence-corrected chi connectivity index (χ1v) is 6.59. The molecule has 0 aliphatic carbocycles. The van der Waals surface area contributed by atoms with Gasteiger partial charge in [0.25, 0.3) is 0 Å². The molecule has 2 aromatic rings. The van der Waals surface area contributed by atoms with Gasteiger partial charge in [-0.1, -0.05) is 42.5 Å². The second kappa shape index (κ2) is 4.89. The summed E-state index contributed by atoms with van der Waals surface area (Å²) in [5, 5.41) is 5.90. The number of hydrogen-bond acceptors (Lipinski definition) is 2. The van der Waals surface area contributed by atoms with Crippen LogP contribution in [0.3, 0.4) is 0 Å². The predicted molar refractivity (Wildman–Crippen MR) is 81.2 cm³/mol. The molecule has 0 radical (unpaired) electrons. The van der Waals surface area contributed by atoms with Crippen LogP contribution in [0.4, 0.5) is 16.2 Å². The quantitative estimate of drug-likeness (QED) is 0.878. The number of benzene rings is 2. The molecule has 4 nitrogen and oxygen atoms in total. The summed E-state index contributed by atoms with van der Waals surface area (Å²) in [5.74, 6) is 0. The van der Waals surface area contributed by atoms with Crippen LogP contribution in [0.25, 0.3) is 0 Å². The highest BCUT2D eigenvalue weighted by Gasteiger charge is 2.27. The number of rotatable bonds is 2. The molecule has 3 rings (SSSR count). The van der Waals surface area contributed by atoms with E-state index in [0.717, 1.165) is 22.5 Å². The van der Waals surface area contributed by atoms with Crippen LogP contribution >= 0.6 is 0 Å². The first-order chi connectivity index (χ1) is 9.66. The normalized spacial score (nSPS) is 16.9. The van der Waals surface area contributed by atoms with Crippen LogP contribution in [0, 0.1) is 0 Å². The minimum Gasteiger partial charge on any atom is -0.376 e. The SMILES string of the molecule is CN(C)c1cccc2c1NC(=O)NC2c1ccccc1. The Balaban J connectivity index is 2.14. The second-order valence-electron chi connectivity index (χ2n) is 5.08. The fourth-order valence-electron chi connectivity index (χ4n) is 2.57. The molecule has 4 heteroatoms. The minimum atomic E-state index is -0.166. The standard InChI is InChI=1S/C16H17N3O/c1-19(2)13-10-6-9-12-14(11-7-4-3-5-8-11)17-16(20)18-15(12)13/h3-10,14H,1-2H3,(H2,17,18,20). The van der Waals surface area contributed by atoms with E-state index in [4.69, 9.17) is 0 Å². The Kier molecular flexibility index (Phi) is 3.06. The van der Waals surface area contributed by atoms with Crippen molar-refractivity contribution in [3.8, 4) is 0 Å². The Morgan fingerprint density at radius 1 is 1.00 bits per heavy atom. The number of nitrogens with one attached hydrogen (secondary N) is 2. The number of fused-ring (bicyclic) bond motifs is 1. The Labute approximate surface area is 118 Å². The molecule has 1 aliphatic rings. The molecule has 0 spiro atoms. The van der Waals surface area contributed by atoms with E-state index in [0.29, 0.717) is 0 Å². The Morgan fingerprint density at radius 3 is 2.45 bits per heavy atom. The monoisotopic (exact) mass is 267 g/mol. The fourth-order valence-corrected chi connectivity index (χ4v) is 2.57. The zero-order valence-corrected chi connectivity index (χ0v) is 11.6. The number of anilines is 2. The van der Waals surface area contributed by atoms with Crippen molar-refractivity contribution in [1.29, 1.82) is 0 Å². The van der Waals surface area contributed by atoms with Crippen LogP contribution in [0.1, 0.15) is 17.2 Å². The molecule has 0 bridgehead atoms. The molecule has 2 aromatic carbocycles. The maximum atomic E-state index is 11.9. The summed E-state index contributed by atoms with van der Waals surface area (Å²) in [5.41, 5.74) is 4.06. The third-order valence-electron chi connectivity index (χ3n) is 3.51. The van der Waals surface area contributed by atoms with E-state index >= 15 is 0 Å². The lowest BCUT2D eigenvalue weighted by atomic mass is 9.95. The number of hydrogen-bond donors (Lipinski definition) is 2. The van der Waals surface area contributed by atoms with Gasteiger partial charge >= 0.3 is 6.03 Å². The van der Waals surface area contributed by atoms with Gasteiger partial charge in [0.15, 0.2) is 0 Å². The van der Waals surface area contributed by atoms with Crippen LogP contribution in [-0.4, -0.2) is 20.1 Å². The van der Waals surface area contributed by atoms with Gasteiger partial charge in [0, 0.05) is 19.7 Å². The number of nitrogens with zero attached hydrogens (tertiary/aromatic N) is 1. The lowest BCUT2D eigenvalue weighted by Crippen LogP contribution is -2.38. The maximum Gasteiger partial charge on any atom is 0.320 e. The van der Waals surface area contributed by atoms with Gasteiger partial charge in [-0.15, -0.1) is 0 Å². The van der Waals surface area contributed by atoms with Crippen molar-refractivity contribution >= 4 is 17.4 Å². The van der Waals surface area contributed by atoms with Gasteiger partial charge in [-0.25, -0.2) is 4.79 Å². The summed E-state index contributed by atoms with van der Waals surface area (Å²) in [6, 6.07) is 15.8. The molecule has 1 aliphatic heterocycles. The largest absolute Gasteiger partial charge is 0.376 e. The van der Waals surface area contributed by atoms with Gasteiger partial charge in [-0.05, 0) is 11.6 Å². The van der Waals surface area contributed by atoms with Gasteiger partial charge in [-0.3, -0.25) is 0 Å². The third-order valence-corrected chi connectivity index (χ3v) is 3.51. The van der Waals surface area contributed by atoms with E-state index in [1.165, 1.54) is 0 Å². The van der Waals surface area contributed by atoms with Crippen molar-refractivity contribution in [3.05, 3.63) is 59.7 Å². The lowest BCUT2D eigenvalue weighted by molar-refractivity contribution is 0.249. The maximum absolute atomic E-state index is 11.9. The van der Waals surface area contributed by atoms with E-state index in [9.17, 15) is 4.79 Å². The number of para-hydroxylation sites is 1. The zero-order chi connectivity index (χ0) is 14.1. The minimum absolute atomic E-state index is 0.111. The van der Waals surface area contributed by atoms with Crippen LogP contribution in [0.2, 0.25) is 0 Å². The van der Waals surface area contributed by atoms with Crippen molar-refractivity contribution in [2.45, 2.75) is 6.04 Å². The van der Waals surface area contributed by atoms with Crippen LogP contribution in [0.5, 0.6) is 0 Å². The van der Waals surface area contributed by atoms with Crippen molar-refractivity contribution in [2.75, 3.05) is 24.3 Å². The lowest BCUT2D eigenvalue weighted by Gasteiger charge is -2.30. The molecule has 1 heterocycles. The van der Waals surface area contributed by atoms with Gasteiger partial charge < -0.3 is 15.5 Å². The first-order valence-electron chi connectivity index (χ1n) is 6.59. The Morgan fingerprint density at radius 2 is 1.75 bits per heavy atom. The number of urea groups is 1. The summed E-state index contributed by atoms with van der Waals surface area (Å²) >= 11 is 0. The summed E-state index contributed by atoms with van der Waals surface area (Å²) < 4.78 is 0. The molecule has 20 heavy (non-hydrogen) atoms. The van der Waals surface area contributed by atoms with E-state index in [1.807, 2.05) is 67.5 Å². The van der Waals surface area contributed by atoms with Gasteiger partial charge in [0.1, 0.15) is 0 Å². The molecule has 2 N–H and O–H groups in total. The topological polar surface area (TPSA) is 44.4 Å². The second-order valence-corrected chi connectivity index (χ2v) is 5.08. The summed E-state index contributed by atoms with van der Waals surface area (Å²) in [6.45, 7) is 0. The van der Waals surface area contributed by atoms with Gasteiger partial charge in [0.2, 0.25) is 0 Å². The summed E-state index contributed by atoms with van der Waals surface area (Å²) in [7, 11) is 3.95. The van der Waals surface area contributed by atoms with Crippen molar-refractivity contribution < 1.29 is 4.79 Å². The molecule has 0 saturated heterocycles. The van der Waals surface area contributed by atoms with E-state index in [2.05, 4.69) is 10.6 Å². The molecule has 2 amide bonds. The zero-order valence-electron chi connectivity index (χ0n) is 11.6. The van der Waals surface area contributed by atoms with Gasteiger partial charge in [-0.2, -0.15) is 0 Å². The Hall–Kier alpha value is -2.49. The molecular formula is C16H17N3O. The van der Waals surface area contributed by atoms with Crippen molar-refractivity contribution in [1.82, 2.24) is 5.32 Å². The van der Waals surface area contributed by atoms with Crippen molar-refractivity contribution in [2.24, 2.45) is 0 Å². The van der Waals surface area contributed by atoms with Crippen LogP contribution in [0.15, 0.2) is 48.5 Å². The molecule has 0 aromatic heterocycles. The van der Waals surface area contributed by atoms with Crippen LogP contribution in [-0.2, 0) is 0 Å². The number of carbonyl (C=O) groups is 1. The molecule has 0 saturated carbocycles. The van der Waals surface area contributed by atoms with E-state index in [-0.39, 0.29) is 12.1 Å². The highest BCUT2D eigenvalue weighted by molar-refractivity contribution is 5.97. The molecule has 0 fully saturated rings. The molecular weight excluding hydrogens is 250 g/mol. The van der Waals surface area contributed by atoms with Crippen molar-refractivity contribution in [3.63, 3.8) is 0 Å². The summed E-state index contributed by atoms with van der Waals surface area (Å²) in [6.07, 6.45) is 0. The average Bonchev–Trinajstić information content (AvgIpc) is 2.46. The number of carbonyl (C=O) groups excluding carboxylic acids is 1. The predicted octanol–water partition coefficient (Wildman–Crippen LogP) is 2.98. The number of amides is 2. The van der Waals surface area contributed by atoms with E-state index < -0.39 is 0 Å². The smallest absolute Gasteiger partial charge is 0.320 e.